The van der Waals surface area contributed by atoms with Crippen molar-refractivity contribution in [2.75, 3.05) is 0 Å². The second kappa shape index (κ2) is 4.95. The first-order valence-corrected chi connectivity index (χ1v) is 5.19. The molecule has 2 rings (SSSR count). The number of aryl methyl sites for hydroxylation is 1. The smallest absolute Gasteiger partial charge is 0.303 e. The SMILES string of the molecule is O=C(O)CCc1ncc(-c2cccc(F)c2F)o1. The van der Waals surface area contributed by atoms with Gasteiger partial charge in [0.25, 0.3) is 0 Å². The molecule has 0 amide bonds. The Hall–Kier alpha value is -2.24. The maximum atomic E-state index is 13.5. The van der Waals surface area contributed by atoms with Crippen LogP contribution in [0.4, 0.5) is 8.78 Å². The molecule has 6 heteroatoms. The van der Waals surface area contributed by atoms with E-state index < -0.39 is 17.6 Å². The molecule has 1 aromatic carbocycles. The van der Waals surface area contributed by atoms with Crippen LogP contribution in [0.3, 0.4) is 0 Å². The van der Waals surface area contributed by atoms with Crippen LogP contribution in [0.15, 0.2) is 28.8 Å². The number of hydrogen-bond donors (Lipinski definition) is 1. The van der Waals surface area contributed by atoms with Crippen LogP contribution >= 0.6 is 0 Å². The fraction of sp³-hybridized carbons (Fsp3) is 0.167. The number of nitrogens with zero attached hydrogens (tertiary/aromatic N) is 1. The van der Waals surface area contributed by atoms with Gasteiger partial charge >= 0.3 is 5.97 Å². The molecule has 1 N–H and O–H groups in total. The predicted octanol–water partition coefficient (Wildman–Crippen LogP) is 2.64. The zero-order chi connectivity index (χ0) is 13.1. The fourth-order valence-electron chi connectivity index (χ4n) is 1.46. The van der Waals surface area contributed by atoms with Gasteiger partial charge in [0, 0.05) is 6.42 Å². The van der Waals surface area contributed by atoms with Crippen LogP contribution < -0.4 is 0 Å². The molecule has 0 saturated carbocycles. The van der Waals surface area contributed by atoms with E-state index in [0.717, 1.165) is 6.07 Å². The van der Waals surface area contributed by atoms with E-state index in [4.69, 9.17) is 9.52 Å². The number of carboxylic acids is 1. The van der Waals surface area contributed by atoms with Gasteiger partial charge in [0.1, 0.15) is 0 Å². The van der Waals surface area contributed by atoms with E-state index in [2.05, 4.69) is 4.98 Å². The zero-order valence-corrected chi connectivity index (χ0v) is 9.19. The number of halogens is 2. The summed E-state index contributed by atoms with van der Waals surface area (Å²) in [5.74, 6) is -2.72. The van der Waals surface area contributed by atoms with Gasteiger partial charge in [-0.05, 0) is 12.1 Å². The van der Waals surface area contributed by atoms with Crippen LogP contribution in [0, 0.1) is 11.6 Å². The average Bonchev–Trinajstić information content (AvgIpc) is 2.78. The fourth-order valence-corrected chi connectivity index (χ4v) is 1.46. The molecule has 0 atom stereocenters. The molecule has 0 unspecified atom stereocenters. The quantitative estimate of drug-likeness (QED) is 0.909. The van der Waals surface area contributed by atoms with Crippen LogP contribution in [0.2, 0.25) is 0 Å². The van der Waals surface area contributed by atoms with Crippen molar-refractivity contribution >= 4 is 5.97 Å². The van der Waals surface area contributed by atoms with Crippen LogP contribution in [0.1, 0.15) is 12.3 Å². The Kier molecular flexibility index (Phi) is 3.36. The van der Waals surface area contributed by atoms with Crippen LogP contribution in [0.5, 0.6) is 0 Å². The van der Waals surface area contributed by atoms with Crippen molar-refractivity contribution in [2.24, 2.45) is 0 Å². The molecule has 0 saturated heterocycles. The second-order valence-corrected chi connectivity index (χ2v) is 3.61. The maximum absolute atomic E-state index is 13.5. The molecule has 0 aliphatic heterocycles. The molecule has 0 aliphatic carbocycles. The highest BCUT2D eigenvalue weighted by atomic mass is 19.2. The molecular formula is C12H9F2NO3. The zero-order valence-electron chi connectivity index (χ0n) is 9.19. The Balaban J connectivity index is 2.24. The number of aromatic nitrogens is 1. The van der Waals surface area contributed by atoms with E-state index in [1.807, 2.05) is 0 Å². The van der Waals surface area contributed by atoms with Crippen molar-refractivity contribution in [1.82, 2.24) is 4.98 Å². The van der Waals surface area contributed by atoms with Gasteiger partial charge in [0.15, 0.2) is 23.3 Å². The third-order valence-corrected chi connectivity index (χ3v) is 2.32. The number of aliphatic carboxylic acids is 1. The van der Waals surface area contributed by atoms with E-state index in [-0.39, 0.29) is 30.1 Å². The Bertz CT molecular complexity index is 580. The molecular weight excluding hydrogens is 244 g/mol. The van der Waals surface area contributed by atoms with E-state index >= 15 is 0 Å². The van der Waals surface area contributed by atoms with Gasteiger partial charge in [0.05, 0.1) is 18.2 Å². The minimum atomic E-state index is -1.02. The lowest BCUT2D eigenvalue weighted by Gasteiger charge is -1.99. The van der Waals surface area contributed by atoms with Crippen LogP contribution in [0.25, 0.3) is 11.3 Å². The van der Waals surface area contributed by atoms with Gasteiger partial charge in [0.2, 0.25) is 0 Å². The summed E-state index contributed by atoms with van der Waals surface area (Å²) >= 11 is 0. The van der Waals surface area contributed by atoms with Gasteiger partial charge < -0.3 is 9.52 Å². The van der Waals surface area contributed by atoms with E-state index in [0.29, 0.717) is 0 Å². The van der Waals surface area contributed by atoms with Crippen LogP contribution in [-0.2, 0) is 11.2 Å². The first-order chi connectivity index (χ1) is 8.58. The summed E-state index contributed by atoms with van der Waals surface area (Å²) in [6, 6.07) is 3.72. The van der Waals surface area contributed by atoms with Gasteiger partial charge in [-0.25, -0.2) is 13.8 Å². The lowest BCUT2D eigenvalue weighted by Crippen LogP contribution is -1.97. The standard InChI is InChI=1S/C12H9F2NO3/c13-8-3-1-2-7(12(8)14)9-6-15-10(18-9)4-5-11(16)17/h1-3,6H,4-5H2,(H,16,17). The number of hydrogen-bond acceptors (Lipinski definition) is 3. The summed E-state index contributed by atoms with van der Waals surface area (Å²) in [5.41, 5.74) is -0.0379. The Labute approximate surface area is 101 Å². The monoisotopic (exact) mass is 253 g/mol. The molecule has 2 aromatic rings. The lowest BCUT2D eigenvalue weighted by atomic mass is 10.2. The highest BCUT2D eigenvalue weighted by Crippen LogP contribution is 2.25. The summed E-state index contributed by atoms with van der Waals surface area (Å²) in [6.07, 6.45) is 1.22. The van der Waals surface area contributed by atoms with Crippen molar-refractivity contribution in [3.63, 3.8) is 0 Å². The van der Waals surface area contributed by atoms with E-state index in [1.165, 1.54) is 18.3 Å². The maximum Gasteiger partial charge on any atom is 0.303 e. The first-order valence-electron chi connectivity index (χ1n) is 5.19. The Morgan fingerprint density at radius 1 is 1.39 bits per heavy atom. The average molecular weight is 253 g/mol. The molecule has 1 aromatic heterocycles. The van der Waals surface area contributed by atoms with Crippen molar-refractivity contribution in [3.05, 3.63) is 41.9 Å². The van der Waals surface area contributed by atoms with Crippen LogP contribution in [-0.4, -0.2) is 16.1 Å². The molecule has 18 heavy (non-hydrogen) atoms. The van der Waals surface area contributed by atoms with Gasteiger partial charge in [-0.1, -0.05) is 6.07 Å². The van der Waals surface area contributed by atoms with Gasteiger partial charge in [-0.3, -0.25) is 4.79 Å². The van der Waals surface area contributed by atoms with Crippen molar-refractivity contribution in [2.45, 2.75) is 12.8 Å². The molecule has 0 spiro atoms. The number of carboxylic acid groups (broad SMARTS) is 1. The Morgan fingerprint density at radius 3 is 2.89 bits per heavy atom. The number of oxazole rings is 1. The number of benzene rings is 1. The van der Waals surface area contributed by atoms with Gasteiger partial charge in [-0.2, -0.15) is 0 Å². The minimum Gasteiger partial charge on any atom is -0.481 e. The highest BCUT2D eigenvalue weighted by Gasteiger charge is 2.14. The third kappa shape index (κ3) is 2.53. The molecule has 0 fully saturated rings. The lowest BCUT2D eigenvalue weighted by molar-refractivity contribution is -0.137. The summed E-state index contributed by atoms with van der Waals surface area (Å²) in [6.45, 7) is 0. The summed E-state index contributed by atoms with van der Waals surface area (Å²) < 4.78 is 31.6. The van der Waals surface area contributed by atoms with Crippen molar-refractivity contribution in [3.8, 4) is 11.3 Å². The van der Waals surface area contributed by atoms with Crippen molar-refractivity contribution in [1.29, 1.82) is 0 Å². The normalized spacial score (nSPS) is 10.6. The minimum absolute atomic E-state index is 0.0379. The largest absolute Gasteiger partial charge is 0.481 e. The first kappa shape index (κ1) is 12.2. The summed E-state index contributed by atoms with van der Waals surface area (Å²) in [4.78, 5) is 14.2. The molecule has 4 nitrogen and oxygen atoms in total. The molecule has 0 aliphatic rings. The molecule has 94 valence electrons. The molecule has 0 bridgehead atoms. The highest BCUT2D eigenvalue weighted by molar-refractivity contribution is 5.66. The van der Waals surface area contributed by atoms with Crippen molar-refractivity contribution < 1.29 is 23.1 Å². The number of rotatable bonds is 4. The Morgan fingerprint density at radius 2 is 2.17 bits per heavy atom. The third-order valence-electron chi connectivity index (χ3n) is 2.32. The predicted molar refractivity (Wildman–Crippen MR) is 57.8 cm³/mol. The van der Waals surface area contributed by atoms with E-state index in [9.17, 15) is 13.6 Å². The molecule has 1 heterocycles. The second-order valence-electron chi connectivity index (χ2n) is 3.61. The van der Waals surface area contributed by atoms with Gasteiger partial charge in [-0.15, -0.1) is 0 Å². The number of carbonyl (C=O) groups is 1. The molecule has 0 radical (unpaired) electrons. The summed E-state index contributed by atoms with van der Waals surface area (Å²) in [7, 11) is 0. The van der Waals surface area contributed by atoms with E-state index in [1.54, 1.807) is 0 Å². The topological polar surface area (TPSA) is 63.3 Å². The summed E-state index contributed by atoms with van der Waals surface area (Å²) in [5, 5.41) is 8.50.